The lowest BCUT2D eigenvalue weighted by molar-refractivity contribution is 0.194. The fourth-order valence-corrected chi connectivity index (χ4v) is 3.48. The first-order valence-corrected chi connectivity index (χ1v) is 8.74. The van der Waals surface area contributed by atoms with E-state index in [0.717, 1.165) is 17.9 Å². The largest absolute Gasteiger partial charge is 0.487 e. The molecule has 1 aliphatic heterocycles. The van der Waals surface area contributed by atoms with E-state index in [0.29, 0.717) is 24.1 Å². The quantitative estimate of drug-likeness (QED) is 0.935. The van der Waals surface area contributed by atoms with Gasteiger partial charge in [0.05, 0.1) is 18.4 Å². The first-order valence-electron chi connectivity index (χ1n) is 7.86. The van der Waals surface area contributed by atoms with Crippen LogP contribution in [-0.4, -0.2) is 40.1 Å². The molecule has 120 valence electrons. The van der Waals surface area contributed by atoms with Crippen LogP contribution in [0, 0.1) is 0 Å². The maximum absolute atomic E-state index is 12.3. The van der Waals surface area contributed by atoms with E-state index >= 15 is 0 Å². The molecule has 2 aromatic heterocycles. The molecule has 1 saturated carbocycles. The summed E-state index contributed by atoms with van der Waals surface area (Å²) in [6.45, 7) is 1.28. The summed E-state index contributed by atoms with van der Waals surface area (Å²) < 4.78 is 5.85. The minimum absolute atomic E-state index is 0.0169. The molecule has 1 atom stereocenters. The lowest BCUT2D eigenvalue weighted by Gasteiger charge is -2.17. The predicted molar refractivity (Wildman–Crippen MR) is 88.0 cm³/mol. The van der Waals surface area contributed by atoms with E-state index in [1.165, 1.54) is 24.2 Å². The van der Waals surface area contributed by atoms with Crippen LogP contribution < -0.4 is 10.1 Å². The van der Waals surface area contributed by atoms with Crippen molar-refractivity contribution in [3.63, 3.8) is 0 Å². The molecule has 1 N–H and O–H groups in total. The molecule has 1 saturated heterocycles. The van der Waals surface area contributed by atoms with Crippen molar-refractivity contribution in [3.8, 4) is 5.75 Å². The number of thiazole rings is 1. The smallest absolute Gasteiger partial charge is 0.323 e. The number of urea groups is 1. The lowest BCUT2D eigenvalue weighted by atomic mass is 10.3. The van der Waals surface area contributed by atoms with Crippen LogP contribution in [-0.2, 0) is 0 Å². The summed E-state index contributed by atoms with van der Waals surface area (Å²) in [5.41, 5.74) is 1.12. The van der Waals surface area contributed by atoms with Gasteiger partial charge < -0.3 is 9.64 Å². The Hall–Kier alpha value is -2.15. The van der Waals surface area contributed by atoms with Gasteiger partial charge in [0.15, 0.2) is 5.13 Å². The fourth-order valence-electron chi connectivity index (χ4n) is 2.70. The number of likely N-dealkylation sites (tertiary alicyclic amines) is 1. The molecule has 0 spiro atoms. The van der Waals surface area contributed by atoms with Crippen LogP contribution in [0.5, 0.6) is 5.75 Å². The van der Waals surface area contributed by atoms with E-state index < -0.39 is 0 Å². The highest BCUT2D eigenvalue weighted by molar-refractivity contribution is 7.13. The van der Waals surface area contributed by atoms with Gasteiger partial charge in [0.1, 0.15) is 11.9 Å². The van der Waals surface area contributed by atoms with Crippen LogP contribution in [0.4, 0.5) is 9.93 Å². The number of hydrogen-bond donors (Lipinski definition) is 1. The molecule has 0 aromatic carbocycles. The molecule has 3 heterocycles. The predicted octanol–water partition coefficient (Wildman–Crippen LogP) is 3.10. The van der Waals surface area contributed by atoms with Gasteiger partial charge in [0.2, 0.25) is 0 Å². The molecule has 7 heteroatoms. The molecule has 4 rings (SSSR count). The van der Waals surface area contributed by atoms with Crippen molar-refractivity contribution in [1.82, 2.24) is 14.9 Å². The second-order valence-corrected chi connectivity index (χ2v) is 6.80. The number of aromatic nitrogens is 2. The summed E-state index contributed by atoms with van der Waals surface area (Å²) in [6.07, 6.45) is 6.69. The average molecular weight is 330 g/mol. The monoisotopic (exact) mass is 330 g/mol. The molecule has 6 nitrogen and oxygen atoms in total. The number of amides is 2. The fraction of sp³-hybridized carbons (Fsp3) is 0.438. The standard InChI is InChI=1S/C16H18N4O2S/c21-16(19-15-18-14(10-23-15)11-3-4-11)20-7-5-13(9-20)22-12-2-1-6-17-8-12/h1-2,6,8,10-11,13H,3-5,7,9H2,(H,18,19,21)/t13-/m1/s1. The van der Waals surface area contributed by atoms with E-state index in [1.54, 1.807) is 17.3 Å². The first-order chi connectivity index (χ1) is 11.3. The molecule has 2 aromatic rings. The van der Waals surface area contributed by atoms with E-state index in [4.69, 9.17) is 4.74 Å². The number of carbonyl (C=O) groups excluding carboxylic acids is 1. The van der Waals surface area contributed by atoms with Crippen LogP contribution >= 0.6 is 11.3 Å². The Morgan fingerprint density at radius 1 is 1.39 bits per heavy atom. The second-order valence-electron chi connectivity index (χ2n) is 5.95. The Morgan fingerprint density at radius 3 is 3.09 bits per heavy atom. The summed E-state index contributed by atoms with van der Waals surface area (Å²) in [4.78, 5) is 22.6. The minimum Gasteiger partial charge on any atom is -0.487 e. The van der Waals surface area contributed by atoms with Gasteiger partial charge in [-0.2, -0.15) is 0 Å². The van der Waals surface area contributed by atoms with Crippen LogP contribution in [0.1, 0.15) is 30.9 Å². The van der Waals surface area contributed by atoms with Gasteiger partial charge in [-0.25, -0.2) is 9.78 Å². The number of nitrogens with one attached hydrogen (secondary N) is 1. The van der Waals surface area contributed by atoms with Crippen molar-refractivity contribution in [2.75, 3.05) is 18.4 Å². The highest BCUT2D eigenvalue weighted by Crippen LogP contribution is 2.40. The van der Waals surface area contributed by atoms with Gasteiger partial charge in [0.25, 0.3) is 0 Å². The summed E-state index contributed by atoms with van der Waals surface area (Å²) in [5.74, 6) is 1.36. The van der Waals surface area contributed by atoms with E-state index in [1.807, 2.05) is 17.5 Å². The Morgan fingerprint density at radius 2 is 2.30 bits per heavy atom. The number of rotatable bonds is 4. The van der Waals surface area contributed by atoms with E-state index in [9.17, 15) is 4.79 Å². The van der Waals surface area contributed by atoms with Crippen molar-refractivity contribution in [3.05, 3.63) is 35.6 Å². The zero-order chi connectivity index (χ0) is 15.6. The van der Waals surface area contributed by atoms with Crippen molar-refractivity contribution >= 4 is 22.5 Å². The van der Waals surface area contributed by atoms with Crippen LogP contribution in [0.15, 0.2) is 29.9 Å². The van der Waals surface area contributed by atoms with Crippen molar-refractivity contribution in [2.24, 2.45) is 0 Å². The average Bonchev–Trinajstić information content (AvgIpc) is 3.13. The number of anilines is 1. The SMILES string of the molecule is O=C(Nc1nc(C2CC2)cs1)N1CC[C@@H](Oc2cccnc2)C1. The third-order valence-electron chi connectivity index (χ3n) is 4.10. The third-order valence-corrected chi connectivity index (χ3v) is 4.88. The number of ether oxygens (including phenoxy) is 1. The Kier molecular flexibility index (Phi) is 3.87. The van der Waals surface area contributed by atoms with Gasteiger partial charge in [-0.15, -0.1) is 11.3 Å². The lowest BCUT2D eigenvalue weighted by Crippen LogP contribution is -2.34. The normalized spacial score (nSPS) is 20.5. The first kappa shape index (κ1) is 14.4. The Balaban J connectivity index is 1.30. The molecular formula is C16H18N4O2S. The zero-order valence-electron chi connectivity index (χ0n) is 12.6. The van der Waals surface area contributed by atoms with Crippen molar-refractivity contribution < 1.29 is 9.53 Å². The van der Waals surface area contributed by atoms with Crippen molar-refractivity contribution in [2.45, 2.75) is 31.3 Å². The molecular weight excluding hydrogens is 312 g/mol. The molecule has 0 radical (unpaired) electrons. The molecule has 2 fully saturated rings. The maximum Gasteiger partial charge on any atom is 0.323 e. The molecule has 2 aliphatic rings. The van der Waals surface area contributed by atoms with Gasteiger partial charge >= 0.3 is 6.03 Å². The Bertz CT molecular complexity index is 686. The number of pyridine rings is 1. The molecule has 1 aliphatic carbocycles. The topological polar surface area (TPSA) is 67.4 Å². The van der Waals surface area contributed by atoms with Gasteiger partial charge in [-0.05, 0) is 25.0 Å². The van der Waals surface area contributed by atoms with Crippen LogP contribution in [0.25, 0.3) is 0 Å². The maximum atomic E-state index is 12.3. The highest BCUT2D eigenvalue weighted by Gasteiger charge is 2.29. The molecule has 0 bridgehead atoms. The Labute approximate surface area is 138 Å². The summed E-state index contributed by atoms with van der Waals surface area (Å²) in [7, 11) is 0. The van der Waals surface area contributed by atoms with Crippen LogP contribution in [0.3, 0.4) is 0 Å². The van der Waals surface area contributed by atoms with Gasteiger partial charge in [-0.1, -0.05) is 0 Å². The van der Waals surface area contributed by atoms with Crippen LogP contribution in [0.2, 0.25) is 0 Å². The summed E-state index contributed by atoms with van der Waals surface area (Å²) >= 11 is 1.50. The zero-order valence-corrected chi connectivity index (χ0v) is 13.5. The molecule has 2 amide bonds. The summed E-state index contributed by atoms with van der Waals surface area (Å²) in [5, 5.41) is 5.63. The van der Waals surface area contributed by atoms with E-state index in [-0.39, 0.29) is 12.1 Å². The number of hydrogen-bond acceptors (Lipinski definition) is 5. The second kappa shape index (κ2) is 6.16. The third kappa shape index (κ3) is 3.44. The van der Waals surface area contributed by atoms with E-state index in [2.05, 4.69) is 15.3 Å². The van der Waals surface area contributed by atoms with Gasteiger partial charge in [-0.3, -0.25) is 10.3 Å². The highest BCUT2D eigenvalue weighted by atomic mass is 32.1. The number of carbonyl (C=O) groups is 1. The molecule has 0 unspecified atom stereocenters. The molecule has 23 heavy (non-hydrogen) atoms. The number of nitrogens with zero attached hydrogens (tertiary/aromatic N) is 3. The summed E-state index contributed by atoms with van der Waals surface area (Å²) in [6, 6.07) is 3.62. The van der Waals surface area contributed by atoms with Gasteiger partial charge in [0, 0.05) is 30.5 Å². The van der Waals surface area contributed by atoms with Crippen molar-refractivity contribution in [1.29, 1.82) is 0 Å². The minimum atomic E-state index is -0.0982.